The second kappa shape index (κ2) is 14.0. The Bertz CT molecular complexity index is 162. The van der Waals surface area contributed by atoms with E-state index in [4.69, 9.17) is 0 Å². The van der Waals surface area contributed by atoms with Gasteiger partial charge >= 0.3 is 41.5 Å². The molecule has 0 fully saturated rings. The fourth-order valence-corrected chi connectivity index (χ4v) is 0.167. The molecular formula is C8H13NaO4. The van der Waals surface area contributed by atoms with Crippen molar-refractivity contribution in [1.29, 1.82) is 0 Å². The summed E-state index contributed by atoms with van der Waals surface area (Å²) < 4.78 is 8.28. The van der Waals surface area contributed by atoms with Crippen molar-refractivity contribution in [3.8, 4) is 0 Å². The van der Waals surface area contributed by atoms with Crippen LogP contribution in [0.3, 0.4) is 0 Å². The van der Waals surface area contributed by atoms with Gasteiger partial charge in [0.15, 0.2) is 0 Å². The van der Waals surface area contributed by atoms with Crippen molar-refractivity contribution in [1.82, 2.24) is 0 Å². The Morgan fingerprint density at radius 3 is 1.31 bits per heavy atom. The third-order valence-electron chi connectivity index (χ3n) is 0.736. The van der Waals surface area contributed by atoms with Gasteiger partial charge in [-0.25, -0.2) is 9.59 Å². The molecule has 13 heavy (non-hydrogen) atoms. The predicted octanol–water partition coefficient (Wildman–Crippen LogP) is -2.19. The largest absolute Gasteiger partial charge is 1.00 e. The van der Waals surface area contributed by atoms with Crippen LogP contribution in [0.15, 0.2) is 25.3 Å². The molecule has 0 amide bonds. The normalized spacial score (nSPS) is 6.31. The molecule has 0 N–H and O–H groups in total. The molecule has 5 heteroatoms. The SMILES string of the molecule is C=CC(=O)OC.C=CC(=O)OC.[H-].[Na+]. The summed E-state index contributed by atoms with van der Waals surface area (Å²) in [6.07, 6.45) is 2.22. The molecule has 0 radical (unpaired) electrons. The molecule has 0 spiro atoms. The molecule has 0 rings (SSSR count). The monoisotopic (exact) mass is 196 g/mol. The van der Waals surface area contributed by atoms with Crippen LogP contribution >= 0.6 is 0 Å². The first kappa shape index (κ1) is 18.3. The Hall–Kier alpha value is -0.580. The molecule has 70 valence electrons. The first-order chi connectivity index (χ1) is 5.62. The Morgan fingerprint density at radius 1 is 1.08 bits per heavy atom. The Morgan fingerprint density at radius 2 is 1.31 bits per heavy atom. The molecule has 0 saturated carbocycles. The van der Waals surface area contributed by atoms with Crippen LogP contribution in [0.25, 0.3) is 0 Å². The summed E-state index contributed by atoms with van der Waals surface area (Å²) in [7, 11) is 2.62. The molecule has 0 aliphatic carbocycles. The first-order valence-corrected chi connectivity index (χ1v) is 3.03. The molecule has 4 nitrogen and oxygen atoms in total. The first-order valence-electron chi connectivity index (χ1n) is 3.03. The standard InChI is InChI=1S/2C4H6O2.Na.H/c2*1-3-4(5)6-2;;/h2*3H,1H2,2H3;;/q;;+1;-1. The van der Waals surface area contributed by atoms with E-state index in [1.807, 2.05) is 0 Å². The van der Waals surface area contributed by atoms with Gasteiger partial charge in [0.2, 0.25) is 0 Å². The van der Waals surface area contributed by atoms with Crippen LogP contribution in [-0.4, -0.2) is 26.2 Å². The van der Waals surface area contributed by atoms with Crippen LogP contribution in [-0.2, 0) is 19.1 Å². The zero-order chi connectivity index (χ0) is 9.98. The minimum Gasteiger partial charge on any atom is -1.00 e. The average Bonchev–Trinajstić information content (AvgIpc) is 2.16. The maximum absolute atomic E-state index is 9.84. The summed E-state index contributed by atoms with van der Waals surface area (Å²) in [5.41, 5.74) is 0. The van der Waals surface area contributed by atoms with Crippen LogP contribution in [0.2, 0.25) is 0 Å². The summed E-state index contributed by atoms with van der Waals surface area (Å²) in [4.78, 5) is 19.7. The molecule has 0 aromatic heterocycles. The molecule has 0 atom stereocenters. The number of carbonyl (C=O) groups excluding carboxylic acids is 2. The molecule has 0 unspecified atom stereocenters. The molecular weight excluding hydrogens is 183 g/mol. The van der Waals surface area contributed by atoms with Gasteiger partial charge in [-0.1, -0.05) is 13.2 Å². The van der Waals surface area contributed by atoms with Crippen LogP contribution in [0.4, 0.5) is 0 Å². The van der Waals surface area contributed by atoms with Gasteiger partial charge in [0, 0.05) is 12.2 Å². The third kappa shape index (κ3) is 18.4. The molecule has 0 aliphatic rings. The number of hydrogen-bond donors (Lipinski definition) is 0. The van der Waals surface area contributed by atoms with Crippen molar-refractivity contribution in [3.63, 3.8) is 0 Å². The Kier molecular flexibility index (Phi) is 19.6. The van der Waals surface area contributed by atoms with Gasteiger partial charge in [0.05, 0.1) is 14.2 Å². The van der Waals surface area contributed by atoms with Crippen molar-refractivity contribution >= 4 is 11.9 Å². The number of methoxy groups -OCH3 is 2. The predicted molar refractivity (Wildman–Crippen MR) is 45.5 cm³/mol. The Labute approximate surface area is 101 Å². The van der Waals surface area contributed by atoms with E-state index in [-0.39, 0.29) is 31.0 Å². The summed E-state index contributed by atoms with van der Waals surface area (Å²) in [5, 5.41) is 0. The van der Waals surface area contributed by atoms with E-state index in [1.54, 1.807) is 0 Å². The van der Waals surface area contributed by atoms with Gasteiger partial charge in [-0.2, -0.15) is 0 Å². The molecule has 0 heterocycles. The van der Waals surface area contributed by atoms with Gasteiger partial charge in [0.1, 0.15) is 0 Å². The van der Waals surface area contributed by atoms with E-state index in [0.29, 0.717) is 0 Å². The zero-order valence-corrected chi connectivity index (χ0v) is 10.2. The fourth-order valence-electron chi connectivity index (χ4n) is 0.167. The van der Waals surface area contributed by atoms with Crippen molar-refractivity contribution in [2.45, 2.75) is 0 Å². The van der Waals surface area contributed by atoms with Crippen molar-refractivity contribution in [3.05, 3.63) is 25.3 Å². The van der Waals surface area contributed by atoms with E-state index >= 15 is 0 Å². The van der Waals surface area contributed by atoms with E-state index in [1.165, 1.54) is 14.2 Å². The second-order valence-corrected chi connectivity index (χ2v) is 1.45. The van der Waals surface area contributed by atoms with Gasteiger partial charge in [-0.15, -0.1) is 0 Å². The van der Waals surface area contributed by atoms with Crippen LogP contribution in [0, 0.1) is 0 Å². The van der Waals surface area contributed by atoms with E-state index < -0.39 is 11.9 Å². The quantitative estimate of drug-likeness (QED) is 0.286. The van der Waals surface area contributed by atoms with Crippen LogP contribution in [0.5, 0.6) is 0 Å². The van der Waals surface area contributed by atoms with E-state index in [9.17, 15) is 9.59 Å². The summed E-state index contributed by atoms with van der Waals surface area (Å²) in [6, 6.07) is 0. The van der Waals surface area contributed by atoms with Crippen molar-refractivity contribution in [2.24, 2.45) is 0 Å². The van der Waals surface area contributed by atoms with Gasteiger partial charge in [0.25, 0.3) is 0 Å². The molecule has 0 aliphatic heterocycles. The number of esters is 2. The number of hydrogen-bond acceptors (Lipinski definition) is 4. The molecule has 0 bridgehead atoms. The van der Waals surface area contributed by atoms with Crippen molar-refractivity contribution < 1.29 is 50.0 Å². The van der Waals surface area contributed by atoms with Crippen molar-refractivity contribution in [2.75, 3.05) is 14.2 Å². The number of ether oxygens (including phenoxy) is 2. The summed E-state index contributed by atoms with van der Waals surface area (Å²) in [6.45, 7) is 6.31. The minimum atomic E-state index is -0.394. The van der Waals surface area contributed by atoms with Gasteiger partial charge in [-0.3, -0.25) is 0 Å². The fraction of sp³-hybridized carbons (Fsp3) is 0.250. The smallest absolute Gasteiger partial charge is 1.00 e. The van der Waals surface area contributed by atoms with E-state index in [2.05, 4.69) is 22.6 Å². The summed E-state index contributed by atoms with van der Waals surface area (Å²) >= 11 is 0. The summed E-state index contributed by atoms with van der Waals surface area (Å²) in [5.74, 6) is -0.787. The van der Waals surface area contributed by atoms with Gasteiger partial charge < -0.3 is 10.9 Å². The van der Waals surface area contributed by atoms with Crippen LogP contribution in [0.1, 0.15) is 1.43 Å². The molecule has 0 saturated heterocycles. The third-order valence-corrected chi connectivity index (χ3v) is 0.736. The maximum atomic E-state index is 9.84. The minimum absolute atomic E-state index is 0. The second-order valence-electron chi connectivity index (χ2n) is 1.45. The topological polar surface area (TPSA) is 52.6 Å². The van der Waals surface area contributed by atoms with Gasteiger partial charge in [-0.05, 0) is 0 Å². The number of carbonyl (C=O) groups is 2. The molecule has 0 aromatic carbocycles. The zero-order valence-electron chi connectivity index (χ0n) is 9.20. The van der Waals surface area contributed by atoms with Crippen LogP contribution < -0.4 is 29.6 Å². The van der Waals surface area contributed by atoms with E-state index in [0.717, 1.165) is 12.2 Å². The average molecular weight is 196 g/mol. The number of rotatable bonds is 2. The maximum Gasteiger partial charge on any atom is 1.00 e. The molecule has 0 aromatic rings. The Balaban J connectivity index is -0.0000000625.